The Kier molecular flexibility index (Phi) is 7.42. The average Bonchev–Trinajstić information content (AvgIpc) is 2.89. The quantitative estimate of drug-likeness (QED) is 0.675. The van der Waals surface area contributed by atoms with Crippen LogP contribution in [0.3, 0.4) is 0 Å². The van der Waals surface area contributed by atoms with Gasteiger partial charge in [-0.3, -0.25) is 0 Å². The number of nitrogens with zero attached hydrogens (tertiary/aromatic N) is 2. The van der Waals surface area contributed by atoms with E-state index in [4.69, 9.17) is 0 Å². The van der Waals surface area contributed by atoms with Crippen LogP contribution in [0.1, 0.15) is 45.7 Å². The normalized spacial score (nSPS) is 12.2. The Labute approximate surface area is 129 Å². The molecule has 21 heavy (non-hydrogen) atoms. The van der Waals surface area contributed by atoms with Crippen molar-refractivity contribution in [3.63, 3.8) is 0 Å². The van der Waals surface area contributed by atoms with E-state index in [1.165, 1.54) is 4.31 Å². The van der Waals surface area contributed by atoms with Gasteiger partial charge in [-0.15, -0.1) is 0 Å². The van der Waals surface area contributed by atoms with E-state index in [0.29, 0.717) is 18.0 Å². The molecule has 0 fully saturated rings. The predicted octanol–water partition coefficient (Wildman–Crippen LogP) is 2.43. The van der Waals surface area contributed by atoms with Crippen LogP contribution in [0.5, 0.6) is 0 Å². The molecule has 0 bridgehead atoms. The van der Waals surface area contributed by atoms with Crippen molar-refractivity contribution in [1.82, 2.24) is 14.2 Å². The molecule has 0 aliphatic carbocycles. The largest absolute Gasteiger partial charge is 0.349 e. The summed E-state index contributed by atoms with van der Waals surface area (Å²) >= 11 is 0. The maximum absolute atomic E-state index is 12.5. The van der Waals surface area contributed by atoms with Crippen LogP contribution in [-0.4, -0.2) is 37.4 Å². The predicted molar refractivity (Wildman–Crippen MR) is 86.8 cm³/mol. The number of unbranched alkanes of at least 4 members (excludes halogenated alkanes) is 1. The van der Waals surface area contributed by atoms with Gasteiger partial charge in [0.05, 0.1) is 0 Å². The highest BCUT2D eigenvalue weighted by Crippen LogP contribution is 2.18. The smallest absolute Gasteiger partial charge is 0.244 e. The molecule has 0 aliphatic rings. The van der Waals surface area contributed by atoms with Crippen LogP contribution in [-0.2, 0) is 23.1 Å². The van der Waals surface area contributed by atoms with Crippen LogP contribution >= 0.6 is 0 Å². The molecule has 0 amide bonds. The van der Waals surface area contributed by atoms with E-state index < -0.39 is 10.0 Å². The lowest BCUT2D eigenvalue weighted by Gasteiger charge is -2.15. The zero-order chi connectivity index (χ0) is 15.9. The third-order valence-corrected chi connectivity index (χ3v) is 5.39. The number of hydrogen-bond acceptors (Lipinski definition) is 3. The molecule has 1 N–H and O–H groups in total. The lowest BCUT2D eigenvalue weighted by Crippen LogP contribution is -2.27. The van der Waals surface area contributed by atoms with Crippen molar-refractivity contribution in [1.29, 1.82) is 0 Å². The van der Waals surface area contributed by atoms with E-state index in [1.807, 2.05) is 11.5 Å². The van der Waals surface area contributed by atoms with Crippen LogP contribution in [0, 0.1) is 0 Å². The molecule has 1 aromatic rings. The highest BCUT2D eigenvalue weighted by atomic mass is 32.2. The van der Waals surface area contributed by atoms with Gasteiger partial charge in [0.1, 0.15) is 4.90 Å². The molecule has 0 saturated carbocycles. The fraction of sp³-hybridized carbons (Fsp3) is 0.733. The summed E-state index contributed by atoms with van der Waals surface area (Å²) in [6, 6.07) is 1.80. The molecule has 5 nitrogen and oxygen atoms in total. The fourth-order valence-electron chi connectivity index (χ4n) is 2.18. The molecule has 6 heteroatoms. The number of nitrogens with one attached hydrogen (secondary N) is 1. The maximum Gasteiger partial charge on any atom is 0.244 e. The zero-order valence-electron chi connectivity index (χ0n) is 13.7. The Hall–Kier alpha value is -0.850. The molecule has 1 aromatic heterocycles. The summed E-state index contributed by atoms with van der Waals surface area (Å²) in [4.78, 5) is 0.399. The molecule has 0 radical (unpaired) electrons. The van der Waals surface area contributed by atoms with Gasteiger partial charge in [-0.05, 0) is 32.4 Å². The van der Waals surface area contributed by atoms with Gasteiger partial charge in [-0.1, -0.05) is 20.3 Å². The molecule has 0 aromatic carbocycles. The van der Waals surface area contributed by atoms with Gasteiger partial charge in [0, 0.05) is 38.6 Å². The number of rotatable bonds is 10. The third-order valence-electron chi connectivity index (χ3n) is 3.57. The zero-order valence-corrected chi connectivity index (χ0v) is 14.5. The van der Waals surface area contributed by atoms with Crippen molar-refractivity contribution >= 4 is 10.0 Å². The van der Waals surface area contributed by atoms with E-state index >= 15 is 0 Å². The van der Waals surface area contributed by atoms with Gasteiger partial charge >= 0.3 is 0 Å². The first kappa shape index (κ1) is 18.2. The van der Waals surface area contributed by atoms with E-state index in [9.17, 15) is 8.42 Å². The highest BCUT2D eigenvalue weighted by Gasteiger charge is 2.22. The summed E-state index contributed by atoms with van der Waals surface area (Å²) in [6.45, 7) is 9.19. The van der Waals surface area contributed by atoms with Gasteiger partial charge in [0.2, 0.25) is 10.0 Å². The van der Waals surface area contributed by atoms with Crippen LogP contribution in [0.4, 0.5) is 0 Å². The Morgan fingerprint density at radius 3 is 2.52 bits per heavy atom. The molecular formula is C15H29N3O2S. The molecule has 0 aliphatic heterocycles. The second-order valence-corrected chi connectivity index (χ2v) is 7.35. The van der Waals surface area contributed by atoms with Gasteiger partial charge < -0.3 is 9.88 Å². The molecule has 0 atom stereocenters. The van der Waals surface area contributed by atoms with Crippen LogP contribution in [0.2, 0.25) is 0 Å². The van der Waals surface area contributed by atoms with Gasteiger partial charge in [-0.25, -0.2) is 12.7 Å². The Bertz CT molecular complexity index is 523. The minimum atomic E-state index is -3.37. The number of hydrogen-bond donors (Lipinski definition) is 1. The van der Waals surface area contributed by atoms with Crippen LogP contribution in [0.25, 0.3) is 0 Å². The van der Waals surface area contributed by atoms with E-state index in [0.717, 1.165) is 38.0 Å². The first-order valence-corrected chi connectivity index (χ1v) is 9.27. The Balaban J connectivity index is 2.91. The highest BCUT2D eigenvalue weighted by molar-refractivity contribution is 7.89. The Morgan fingerprint density at radius 2 is 1.95 bits per heavy atom. The summed E-state index contributed by atoms with van der Waals surface area (Å²) in [5.41, 5.74) is 1.02. The molecule has 0 saturated heterocycles. The summed E-state index contributed by atoms with van der Waals surface area (Å²) in [5, 5.41) is 3.33. The summed E-state index contributed by atoms with van der Waals surface area (Å²) in [6.07, 6.45) is 4.69. The standard InChI is InChI=1S/C15H29N3O2S/c1-5-8-10-17(4)21(19,20)15-11-14(12-16-9-6-2)18(7-3)13-15/h11,13,16H,5-10,12H2,1-4H3. The van der Waals surface area contributed by atoms with Crippen molar-refractivity contribution in [2.45, 2.75) is 58.0 Å². The van der Waals surface area contributed by atoms with E-state index in [-0.39, 0.29) is 0 Å². The van der Waals surface area contributed by atoms with Gasteiger partial charge in [0.15, 0.2) is 0 Å². The first-order chi connectivity index (χ1) is 9.97. The summed E-state index contributed by atoms with van der Waals surface area (Å²) in [7, 11) is -1.71. The maximum atomic E-state index is 12.5. The lowest BCUT2D eigenvalue weighted by molar-refractivity contribution is 0.459. The van der Waals surface area contributed by atoms with E-state index in [2.05, 4.69) is 19.2 Å². The topological polar surface area (TPSA) is 54.3 Å². The second kappa shape index (κ2) is 8.56. The van der Waals surface area contributed by atoms with Gasteiger partial charge in [-0.2, -0.15) is 0 Å². The van der Waals surface area contributed by atoms with Gasteiger partial charge in [0.25, 0.3) is 0 Å². The third kappa shape index (κ3) is 4.83. The number of aromatic nitrogens is 1. The SMILES string of the molecule is CCCCN(C)S(=O)(=O)c1cc(CNCCC)n(CC)c1. The molecule has 1 heterocycles. The van der Waals surface area contributed by atoms with Crippen molar-refractivity contribution in [2.24, 2.45) is 0 Å². The summed E-state index contributed by atoms with van der Waals surface area (Å²) < 4.78 is 28.5. The second-order valence-electron chi connectivity index (χ2n) is 5.31. The van der Waals surface area contributed by atoms with Crippen molar-refractivity contribution in [3.8, 4) is 0 Å². The molecular weight excluding hydrogens is 286 g/mol. The monoisotopic (exact) mass is 315 g/mol. The van der Waals surface area contributed by atoms with Crippen molar-refractivity contribution in [2.75, 3.05) is 20.1 Å². The minimum absolute atomic E-state index is 0.399. The first-order valence-electron chi connectivity index (χ1n) is 7.83. The van der Waals surface area contributed by atoms with Crippen LogP contribution < -0.4 is 5.32 Å². The molecule has 0 spiro atoms. The lowest BCUT2D eigenvalue weighted by atomic mass is 10.3. The number of sulfonamides is 1. The van der Waals surface area contributed by atoms with Crippen LogP contribution in [0.15, 0.2) is 17.2 Å². The average molecular weight is 315 g/mol. The number of aryl methyl sites for hydroxylation is 1. The molecule has 0 unspecified atom stereocenters. The van der Waals surface area contributed by atoms with Crippen molar-refractivity contribution < 1.29 is 8.42 Å². The fourth-order valence-corrected chi connectivity index (χ4v) is 3.46. The Morgan fingerprint density at radius 1 is 1.24 bits per heavy atom. The minimum Gasteiger partial charge on any atom is -0.349 e. The summed E-state index contributed by atoms with van der Waals surface area (Å²) in [5.74, 6) is 0. The molecule has 1 rings (SSSR count). The van der Waals surface area contributed by atoms with Crippen molar-refractivity contribution in [3.05, 3.63) is 18.0 Å². The molecule has 122 valence electrons. The van der Waals surface area contributed by atoms with E-state index in [1.54, 1.807) is 19.3 Å².